The Hall–Kier alpha value is -3.52. The van der Waals surface area contributed by atoms with E-state index in [9.17, 15) is 13.9 Å². The zero-order chi connectivity index (χ0) is 24.2. The van der Waals surface area contributed by atoms with E-state index in [2.05, 4.69) is 15.5 Å². The summed E-state index contributed by atoms with van der Waals surface area (Å²) in [5, 5.41) is 30.5. The molecule has 0 unspecified atom stereocenters. The SMILES string of the molecule is N#Cc1ccc(OCC23CC(C(F)(F)[C@](O)(Cn4cnnn4)c4ccc(F)cc4F)(C2)C3)cc1. The van der Waals surface area contributed by atoms with Crippen molar-refractivity contribution in [1.82, 2.24) is 20.2 Å². The Labute approximate surface area is 191 Å². The molecule has 0 aliphatic heterocycles. The van der Waals surface area contributed by atoms with Gasteiger partial charge in [0.2, 0.25) is 0 Å². The Bertz CT molecular complexity index is 1240. The smallest absolute Gasteiger partial charge is 0.287 e. The van der Waals surface area contributed by atoms with Crippen LogP contribution in [0.1, 0.15) is 30.4 Å². The molecule has 0 amide bonds. The summed E-state index contributed by atoms with van der Waals surface area (Å²) < 4.78 is 66.8. The summed E-state index contributed by atoms with van der Waals surface area (Å²) in [6.45, 7) is -0.612. The van der Waals surface area contributed by atoms with Gasteiger partial charge < -0.3 is 9.84 Å². The number of hydrogen-bond acceptors (Lipinski definition) is 6. The molecular formula is C23H19F4N5O2. The number of nitriles is 1. The van der Waals surface area contributed by atoms with Gasteiger partial charge in [-0.3, -0.25) is 0 Å². The van der Waals surface area contributed by atoms with Gasteiger partial charge in [0.05, 0.1) is 24.8 Å². The van der Waals surface area contributed by atoms with Crippen LogP contribution in [0.5, 0.6) is 5.75 Å². The zero-order valence-electron chi connectivity index (χ0n) is 17.8. The number of aromatic nitrogens is 4. The maximum atomic E-state index is 16.1. The van der Waals surface area contributed by atoms with E-state index in [1.165, 1.54) is 0 Å². The monoisotopic (exact) mass is 473 g/mol. The van der Waals surface area contributed by atoms with E-state index in [-0.39, 0.29) is 25.9 Å². The molecule has 3 saturated carbocycles. The topological polar surface area (TPSA) is 96.8 Å². The number of alkyl halides is 2. The lowest BCUT2D eigenvalue weighted by Gasteiger charge is -2.73. The van der Waals surface area contributed by atoms with Crippen molar-refractivity contribution < 1.29 is 27.4 Å². The van der Waals surface area contributed by atoms with Crippen LogP contribution >= 0.6 is 0 Å². The van der Waals surface area contributed by atoms with Gasteiger partial charge in [0.15, 0.2) is 5.60 Å². The molecule has 0 radical (unpaired) electrons. The maximum Gasteiger partial charge on any atom is 0.287 e. The fourth-order valence-electron chi connectivity index (χ4n) is 5.45. The molecule has 2 aromatic carbocycles. The average molecular weight is 473 g/mol. The highest BCUT2D eigenvalue weighted by atomic mass is 19.3. The van der Waals surface area contributed by atoms with Crippen molar-refractivity contribution in [3.8, 4) is 11.8 Å². The minimum Gasteiger partial charge on any atom is -0.493 e. The van der Waals surface area contributed by atoms with Gasteiger partial charge in [0.25, 0.3) is 5.92 Å². The second kappa shape index (κ2) is 7.50. The number of hydrogen-bond donors (Lipinski definition) is 1. The molecule has 3 aliphatic carbocycles. The van der Waals surface area contributed by atoms with Gasteiger partial charge in [-0.25, -0.2) is 22.2 Å². The lowest BCUT2D eigenvalue weighted by atomic mass is 9.32. The summed E-state index contributed by atoms with van der Waals surface area (Å²) in [4.78, 5) is 0. The Kier molecular flexibility index (Phi) is 4.91. The molecule has 1 N–H and O–H groups in total. The van der Waals surface area contributed by atoms with Crippen LogP contribution in [0, 0.1) is 33.8 Å². The highest BCUT2D eigenvalue weighted by Crippen LogP contribution is 2.80. The van der Waals surface area contributed by atoms with Crippen LogP contribution in [0.2, 0.25) is 0 Å². The fourth-order valence-corrected chi connectivity index (χ4v) is 5.45. The summed E-state index contributed by atoms with van der Waals surface area (Å²) in [5.74, 6) is -5.48. The standard InChI is InChI=1S/C23H19F4N5O2/c24-16-3-6-18(19(25)7-16)22(33,12-32-14-29-30-31-32)23(26,27)21-9-20(10-21,11-21)13-34-17-4-1-15(8-28)2-5-17/h1-7,14,33H,9-13H2/t20?,21?,22-/m0/s1. The molecule has 0 spiro atoms. The first kappa shape index (κ1) is 22.3. The molecule has 3 fully saturated rings. The molecule has 2 bridgehead atoms. The van der Waals surface area contributed by atoms with Crippen LogP contribution in [0.3, 0.4) is 0 Å². The number of benzene rings is 2. The number of aliphatic hydroxyl groups is 1. The van der Waals surface area contributed by atoms with Crippen LogP contribution in [0.25, 0.3) is 0 Å². The average Bonchev–Trinajstić information content (AvgIpc) is 3.24. The molecule has 3 aliphatic rings. The van der Waals surface area contributed by atoms with E-state index in [1.807, 2.05) is 6.07 Å². The van der Waals surface area contributed by atoms with Crippen molar-refractivity contribution in [2.45, 2.75) is 37.3 Å². The van der Waals surface area contributed by atoms with Crippen LogP contribution in [-0.2, 0) is 12.1 Å². The van der Waals surface area contributed by atoms with E-state index in [0.717, 1.165) is 23.1 Å². The largest absolute Gasteiger partial charge is 0.493 e. The van der Waals surface area contributed by atoms with Crippen molar-refractivity contribution in [2.24, 2.45) is 10.8 Å². The van der Waals surface area contributed by atoms with Gasteiger partial charge in [-0.15, -0.1) is 5.10 Å². The summed E-state index contributed by atoms with van der Waals surface area (Å²) in [6, 6.07) is 10.6. The Balaban J connectivity index is 1.37. The minimum atomic E-state index is -3.78. The summed E-state index contributed by atoms with van der Waals surface area (Å²) >= 11 is 0. The van der Waals surface area contributed by atoms with Gasteiger partial charge in [-0.2, -0.15) is 5.26 Å². The molecule has 176 valence electrons. The number of ether oxygens (including phenoxy) is 1. The first-order valence-corrected chi connectivity index (χ1v) is 10.5. The first-order valence-electron chi connectivity index (χ1n) is 10.5. The zero-order valence-corrected chi connectivity index (χ0v) is 17.8. The number of halogens is 4. The number of rotatable bonds is 8. The summed E-state index contributed by atoms with van der Waals surface area (Å²) in [6.07, 6.45) is 1.26. The first-order chi connectivity index (χ1) is 16.1. The third kappa shape index (κ3) is 3.24. The van der Waals surface area contributed by atoms with E-state index in [4.69, 9.17) is 10.00 Å². The lowest BCUT2D eigenvalue weighted by Crippen LogP contribution is -2.75. The Morgan fingerprint density at radius 2 is 1.82 bits per heavy atom. The molecule has 3 aromatic rings. The molecule has 1 atom stereocenters. The van der Waals surface area contributed by atoms with Gasteiger partial charge in [-0.1, -0.05) is 0 Å². The second-order valence-corrected chi connectivity index (χ2v) is 9.30. The van der Waals surface area contributed by atoms with Gasteiger partial charge in [-0.05, 0) is 66.1 Å². The third-order valence-corrected chi connectivity index (χ3v) is 7.01. The molecule has 11 heteroatoms. The van der Waals surface area contributed by atoms with Crippen molar-refractivity contribution in [3.05, 3.63) is 71.6 Å². The van der Waals surface area contributed by atoms with Gasteiger partial charge in [0, 0.05) is 22.5 Å². The predicted molar refractivity (Wildman–Crippen MR) is 108 cm³/mol. The molecule has 7 nitrogen and oxygen atoms in total. The molecule has 1 aromatic heterocycles. The van der Waals surface area contributed by atoms with E-state index in [1.54, 1.807) is 24.3 Å². The van der Waals surface area contributed by atoms with Gasteiger partial charge >= 0.3 is 0 Å². The van der Waals surface area contributed by atoms with Crippen molar-refractivity contribution in [3.63, 3.8) is 0 Å². The van der Waals surface area contributed by atoms with E-state index in [0.29, 0.717) is 17.4 Å². The highest BCUT2D eigenvalue weighted by molar-refractivity contribution is 5.36. The van der Waals surface area contributed by atoms with Crippen LogP contribution in [-0.4, -0.2) is 37.8 Å². The summed E-state index contributed by atoms with van der Waals surface area (Å²) in [7, 11) is 0. The minimum absolute atomic E-state index is 0.0734. The van der Waals surface area contributed by atoms with Crippen LogP contribution in [0.4, 0.5) is 17.6 Å². The lowest BCUT2D eigenvalue weighted by molar-refractivity contribution is -0.373. The Morgan fingerprint density at radius 3 is 2.41 bits per heavy atom. The molecular weight excluding hydrogens is 454 g/mol. The van der Waals surface area contributed by atoms with Crippen LogP contribution in [0.15, 0.2) is 48.8 Å². The Morgan fingerprint density at radius 1 is 1.12 bits per heavy atom. The third-order valence-electron chi connectivity index (χ3n) is 7.01. The van der Waals surface area contributed by atoms with Crippen molar-refractivity contribution in [2.75, 3.05) is 6.61 Å². The second-order valence-electron chi connectivity index (χ2n) is 9.30. The quantitative estimate of drug-likeness (QED) is 0.503. The normalized spacial score (nSPS) is 24.9. The van der Waals surface area contributed by atoms with Crippen LogP contribution < -0.4 is 4.74 Å². The maximum absolute atomic E-state index is 16.1. The summed E-state index contributed by atoms with van der Waals surface area (Å²) in [5.41, 5.74) is -5.30. The van der Waals surface area contributed by atoms with Gasteiger partial charge in [0.1, 0.15) is 23.7 Å². The van der Waals surface area contributed by atoms with Crippen molar-refractivity contribution in [1.29, 1.82) is 5.26 Å². The number of tetrazole rings is 1. The van der Waals surface area contributed by atoms with E-state index >= 15 is 8.78 Å². The fraction of sp³-hybridized carbons (Fsp3) is 0.391. The van der Waals surface area contributed by atoms with E-state index < -0.39 is 46.1 Å². The van der Waals surface area contributed by atoms with Crippen molar-refractivity contribution >= 4 is 0 Å². The molecule has 0 saturated heterocycles. The molecule has 6 rings (SSSR count). The highest BCUT2D eigenvalue weighted by Gasteiger charge is 2.82. The predicted octanol–water partition coefficient (Wildman–Crippen LogP) is 3.60. The number of nitrogens with zero attached hydrogens (tertiary/aromatic N) is 5. The molecule has 34 heavy (non-hydrogen) atoms. The molecule has 1 heterocycles.